The van der Waals surface area contributed by atoms with E-state index in [9.17, 15) is 9.18 Å². The predicted octanol–water partition coefficient (Wildman–Crippen LogP) is 4.25. The Morgan fingerprint density at radius 2 is 2.12 bits per heavy atom. The van der Waals surface area contributed by atoms with Gasteiger partial charge in [0.05, 0.1) is 17.1 Å². The van der Waals surface area contributed by atoms with E-state index in [4.69, 9.17) is 0 Å². The van der Waals surface area contributed by atoms with Crippen molar-refractivity contribution in [2.45, 2.75) is 58.2 Å². The van der Waals surface area contributed by atoms with Crippen molar-refractivity contribution in [2.24, 2.45) is 0 Å². The molecule has 0 aliphatic carbocycles. The van der Waals surface area contributed by atoms with Crippen LogP contribution < -0.4 is 5.32 Å². The van der Waals surface area contributed by atoms with Crippen molar-refractivity contribution in [3.63, 3.8) is 0 Å². The SMILES string of the molecule is CC(C)c1ncc(CNC2CCCN(C(C)c3ccccc3F)C2=O)s1. The maximum absolute atomic E-state index is 14.1. The summed E-state index contributed by atoms with van der Waals surface area (Å²) >= 11 is 1.69. The lowest BCUT2D eigenvalue weighted by molar-refractivity contribution is -0.138. The third-order valence-electron chi connectivity index (χ3n) is 4.88. The highest BCUT2D eigenvalue weighted by molar-refractivity contribution is 7.11. The van der Waals surface area contributed by atoms with E-state index in [1.807, 2.05) is 19.2 Å². The van der Waals surface area contributed by atoms with Gasteiger partial charge >= 0.3 is 0 Å². The number of likely N-dealkylation sites (tertiary alicyclic amines) is 1. The Morgan fingerprint density at radius 1 is 1.35 bits per heavy atom. The normalized spacial score (nSPS) is 19.2. The van der Waals surface area contributed by atoms with E-state index >= 15 is 0 Å². The minimum Gasteiger partial charge on any atom is -0.334 e. The lowest BCUT2D eigenvalue weighted by atomic mass is 9.99. The summed E-state index contributed by atoms with van der Waals surface area (Å²) in [6.07, 6.45) is 3.62. The Hall–Kier alpha value is -1.79. The van der Waals surface area contributed by atoms with Gasteiger partial charge in [-0.05, 0) is 25.8 Å². The number of carbonyl (C=O) groups excluding carboxylic acids is 1. The summed E-state index contributed by atoms with van der Waals surface area (Å²) in [6, 6.07) is 6.22. The summed E-state index contributed by atoms with van der Waals surface area (Å²) in [5.74, 6) is 0.219. The molecule has 0 saturated carbocycles. The molecule has 2 aromatic rings. The molecule has 2 atom stereocenters. The van der Waals surface area contributed by atoms with Crippen molar-refractivity contribution in [1.82, 2.24) is 15.2 Å². The van der Waals surface area contributed by atoms with Crippen molar-refractivity contribution in [3.05, 3.63) is 51.7 Å². The number of benzene rings is 1. The second-order valence-corrected chi connectivity index (χ2v) is 8.27. The van der Waals surface area contributed by atoms with Crippen LogP contribution in [-0.4, -0.2) is 28.4 Å². The molecule has 0 spiro atoms. The van der Waals surface area contributed by atoms with Crippen LogP contribution in [0.1, 0.15) is 61.0 Å². The number of hydrogen-bond donors (Lipinski definition) is 1. The number of halogens is 1. The van der Waals surface area contributed by atoms with Crippen LogP contribution in [0.4, 0.5) is 4.39 Å². The molecule has 3 rings (SSSR count). The van der Waals surface area contributed by atoms with Crippen molar-refractivity contribution < 1.29 is 9.18 Å². The number of carbonyl (C=O) groups is 1. The van der Waals surface area contributed by atoms with Crippen molar-refractivity contribution in [1.29, 1.82) is 0 Å². The summed E-state index contributed by atoms with van der Waals surface area (Å²) in [4.78, 5) is 20.3. The van der Waals surface area contributed by atoms with Crippen LogP contribution in [0.25, 0.3) is 0 Å². The van der Waals surface area contributed by atoms with Crippen LogP contribution in [0.3, 0.4) is 0 Å². The number of nitrogens with one attached hydrogen (secondary N) is 1. The Kier molecular flexibility index (Phi) is 6.04. The average molecular weight is 376 g/mol. The topological polar surface area (TPSA) is 45.2 Å². The summed E-state index contributed by atoms with van der Waals surface area (Å²) in [5, 5.41) is 4.49. The second kappa shape index (κ2) is 8.27. The predicted molar refractivity (Wildman–Crippen MR) is 103 cm³/mol. The van der Waals surface area contributed by atoms with Crippen LogP contribution in [0.5, 0.6) is 0 Å². The first-order valence-corrected chi connectivity index (χ1v) is 10.0. The lowest BCUT2D eigenvalue weighted by Crippen LogP contribution is -2.51. The maximum atomic E-state index is 14.1. The molecule has 0 radical (unpaired) electrons. The summed E-state index contributed by atoms with van der Waals surface area (Å²) in [6.45, 7) is 7.47. The summed E-state index contributed by atoms with van der Waals surface area (Å²) in [5.41, 5.74) is 0.575. The first-order chi connectivity index (χ1) is 12.5. The first kappa shape index (κ1) is 19.0. The molecule has 26 heavy (non-hydrogen) atoms. The zero-order chi connectivity index (χ0) is 18.7. The Balaban J connectivity index is 1.64. The highest BCUT2D eigenvalue weighted by Crippen LogP contribution is 2.27. The smallest absolute Gasteiger partial charge is 0.240 e. The number of thiazole rings is 1. The Bertz CT molecular complexity index is 761. The fraction of sp³-hybridized carbons (Fsp3) is 0.500. The van der Waals surface area contributed by atoms with E-state index in [1.165, 1.54) is 6.07 Å². The fourth-order valence-corrected chi connectivity index (χ4v) is 4.22. The average Bonchev–Trinajstić information content (AvgIpc) is 3.10. The quantitative estimate of drug-likeness (QED) is 0.821. The summed E-state index contributed by atoms with van der Waals surface area (Å²) < 4.78 is 14.1. The second-order valence-electron chi connectivity index (χ2n) is 7.12. The third kappa shape index (κ3) is 4.13. The van der Waals surface area contributed by atoms with Gasteiger partial charge in [0.15, 0.2) is 0 Å². The zero-order valence-electron chi connectivity index (χ0n) is 15.5. The Morgan fingerprint density at radius 3 is 2.81 bits per heavy atom. The minimum atomic E-state index is -0.260. The fourth-order valence-electron chi connectivity index (χ4n) is 3.35. The van der Waals surface area contributed by atoms with Gasteiger partial charge in [-0.1, -0.05) is 32.0 Å². The van der Waals surface area contributed by atoms with E-state index < -0.39 is 0 Å². The van der Waals surface area contributed by atoms with E-state index in [-0.39, 0.29) is 23.8 Å². The number of aromatic nitrogens is 1. The molecule has 1 saturated heterocycles. The van der Waals surface area contributed by atoms with Crippen molar-refractivity contribution in [2.75, 3.05) is 6.54 Å². The zero-order valence-corrected chi connectivity index (χ0v) is 16.4. The number of piperidine rings is 1. The monoisotopic (exact) mass is 375 g/mol. The van der Waals surface area contributed by atoms with Gasteiger partial charge in [0.25, 0.3) is 0 Å². The molecule has 1 amide bonds. The molecule has 0 bridgehead atoms. The standard InChI is InChI=1S/C20H26FN3OS/c1-13(2)19-23-12-15(26-19)11-22-18-9-6-10-24(20(18)25)14(3)16-7-4-5-8-17(16)21/h4-5,7-8,12-14,18,22H,6,9-11H2,1-3H3. The van der Waals surface area contributed by atoms with Crippen LogP contribution in [-0.2, 0) is 11.3 Å². The van der Waals surface area contributed by atoms with Crippen LogP contribution in [0.2, 0.25) is 0 Å². The molecule has 2 heterocycles. The number of nitrogens with zero attached hydrogens (tertiary/aromatic N) is 2. The van der Waals surface area contributed by atoms with Gasteiger partial charge < -0.3 is 10.2 Å². The van der Waals surface area contributed by atoms with Gasteiger partial charge in [-0.25, -0.2) is 9.37 Å². The van der Waals surface area contributed by atoms with E-state index in [1.54, 1.807) is 28.4 Å². The molecule has 1 aromatic carbocycles. The van der Waals surface area contributed by atoms with Gasteiger partial charge in [0.2, 0.25) is 5.91 Å². The van der Waals surface area contributed by atoms with Crippen LogP contribution in [0, 0.1) is 5.82 Å². The van der Waals surface area contributed by atoms with Crippen molar-refractivity contribution in [3.8, 4) is 0 Å². The molecular weight excluding hydrogens is 349 g/mol. The molecule has 1 aliphatic heterocycles. The molecule has 2 unspecified atom stereocenters. The highest BCUT2D eigenvalue weighted by atomic mass is 32.1. The van der Waals surface area contributed by atoms with E-state index in [2.05, 4.69) is 24.1 Å². The first-order valence-electron chi connectivity index (χ1n) is 9.20. The number of rotatable bonds is 6. The largest absolute Gasteiger partial charge is 0.334 e. The maximum Gasteiger partial charge on any atom is 0.240 e. The molecule has 1 aliphatic rings. The molecule has 1 fully saturated rings. The van der Waals surface area contributed by atoms with Crippen LogP contribution in [0.15, 0.2) is 30.5 Å². The molecule has 1 aromatic heterocycles. The third-order valence-corrected chi connectivity index (χ3v) is 6.18. The molecular formula is C20H26FN3OS. The van der Waals surface area contributed by atoms with Crippen LogP contribution >= 0.6 is 11.3 Å². The van der Waals surface area contributed by atoms with Gasteiger partial charge in [0.1, 0.15) is 5.82 Å². The number of hydrogen-bond acceptors (Lipinski definition) is 4. The Labute approximate surface area is 158 Å². The minimum absolute atomic E-state index is 0.0561. The van der Waals surface area contributed by atoms with E-state index in [0.29, 0.717) is 24.6 Å². The molecule has 1 N–H and O–H groups in total. The van der Waals surface area contributed by atoms with Gasteiger partial charge in [-0.2, -0.15) is 0 Å². The van der Waals surface area contributed by atoms with Gasteiger partial charge in [-0.15, -0.1) is 11.3 Å². The van der Waals surface area contributed by atoms with Crippen molar-refractivity contribution >= 4 is 17.2 Å². The molecule has 140 valence electrons. The lowest BCUT2D eigenvalue weighted by Gasteiger charge is -2.37. The van der Waals surface area contributed by atoms with Gasteiger partial charge in [-0.3, -0.25) is 4.79 Å². The molecule has 4 nitrogen and oxygen atoms in total. The summed E-state index contributed by atoms with van der Waals surface area (Å²) in [7, 11) is 0. The number of amides is 1. The van der Waals surface area contributed by atoms with Gasteiger partial charge in [0, 0.05) is 35.6 Å². The van der Waals surface area contributed by atoms with E-state index in [0.717, 1.165) is 22.7 Å². The highest BCUT2D eigenvalue weighted by Gasteiger charge is 2.32. The molecule has 6 heteroatoms.